The molecular weight excluding hydrogens is 308 g/mol. The van der Waals surface area contributed by atoms with Gasteiger partial charge in [0.25, 0.3) is 0 Å². The van der Waals surface area contributed by atoms with Crippen LogP contribution in [0.15, 0.2) is 30.3 Å². The van der Waals surface area contributed by atoms with Crippen LogP contribution in [0.3, 0.4) is 0 Å². The molecular formula is C19H14O5. The van der Waals surface area contributed by atoms with E-state index in [9.17, 15) is 24.6 Å². The van der Waals surface area contributed by atoms with E-state index in [1.54, 1.807) is 6.92 Å². The first-order valence-electron chi connectivity index (χ1n) is 7.71. The third kappa shape index (κ3) is 1.76. The van der Waals surface area contributed by atoms with Crippen LogP contribution in [0, 0.1) is 5.92 Å². The van der Waals surface area contributed by atoms with E-state index in [1.807, 2.05) is 0 Å². The average molecular weight is 322 g/mol. The number of hydrogen-bond donors (Lipinski definition) is 2. The largest absolute Gasteiger partial charge is 0.507 e. The van der Waals surface area contributed by atoms with E-state index in [2.05, 4.69) is 0 Å². The van der Waals surface area contributed by atoms with Gasteiger partial charge in [-0.05, 0) is 23.6 Å². The van der Waals surface area contributed by atoms with Gasteiger partial charge in [0.05, 0.1) is 11.7 Å². The molecule has 0 aromatic heterocycles. The van der Waals surface area contributed by atoms with E-state index in [0.717, 1.165) is 0 Å². The first-order valence-corrected chi connectivity index (χ1v) is 7.71. The number of carbonyl (C=O) groups excluding carboxylic acids is 3. The van der Waals surface area contributed by atoms with Crippen LogP contribution in [0.5, 0.6) is 5.75 Å². The van der Waals surface area contributed by atoms with E-state index in [0.29, 0.717) is 5.56 Å². The number of aliphatic hydroxyl groups excluding tert-OH is 1. The van der Waals surface area contributed by atoms with Gasteiger partial charge in [-0.2, -0.15) is 0 Å². The fraction of sp³-hybridized carbons (Fsp3) is 0.211. The first kappa shape index (κ1) is 14.8. The number of phenolic OH excluding ortho intramolecular Hbond substituents is 1. The van der Waals surface area contributed by atoms with Crippen molar-refractivity contribution in [3.63, 3.8) is 0 Å². The van der Waals surface area contributed by atoms with Gasteiger partial charge in [0, 0.05) is 28.7 Å². The van der Waals surface area contributed by atoms with E-state index in [-0.39, 0.29) is 51.7 Å². The molecule has 0 heterocycles. The number of aromatic hydroxyl groups is 1. The Bertz CT molecular complexity index is 941. The summed E-state index contributed by atoms with van der Waals surface area (Å²) in [7, 11) is 0. The first-order chi connectivity index (χ1) is 11.4. The van der Waals surface area contributed by atoms with Crippen molar-refractivity contribution in [3.8, 4) is 5.75 Å². The molecule has 2 atom stereocenters. The second kappa shape index (κ2) is 4.85. The third-order valence-electron chi connectivity index (χ3n) is 4.87. The standard InChI is InChI=1S/C19H14O5/c1-8-7-13(21)14-10(17(8)22)5-6-11-16(14)19(24)9-3-2-4-12(20)15(9)18(11)23/h2-6,8,17,20,22H,7H2,1H3/t8-,17?/m1/s1. The van der Waals surface area contributed by atoms with Crippen molar-refractivity contribution >= 4 is 17.3 Å². The molecule has 5 heteroatoms. The lowest BCUT2D eigenvalue weighted by molar-refractivity contribution is 0.0745. The van der Waals surface area contributed by atoms with Gasteiger partial charge in [-0.1, -0.05) is 25.1 Å². The summed E-state index contributed by atoms with van der Waals surface area (Å²) >= 11 is 0. The summed E-state index contributed by atoms with van der Waals surface area (Å²) in [6.45, 7) is 1.77. The number of benzene rings is 2. The molecule has 0 bridgehead atoms. The van der Waals surface area contributed by atoms with Gasteiger partial charge in [0.1, 0.15) is 5.75 Å². The van der Waals surface area contributed by atoms with Gasteiger partial charge in [-0.3, -0.25) is 14.4 Å². The van der Waals surface area contributed by atoms with Crippen molar-refractivity contribution in [2.24, 2.45) is 5.92 Å². The highest BCUT2D eigenvalue weighted by atomic mass is 16.3. The van der Waals surface area contributed by atoms with Crippen LogP contribution < -0.4 is 0 Å². The van der Waals surface area contributed by atoms with Crippen LogP contribution in [0.4, 0.5) is 0 Å². The zero-order valence-electron chi connectivity index (χ0n) is 12.9. The van der Waals surface area contributed by atoms with E-state index >= 15 is 0 Å². The SMILES string of the molecule is C[C@@H]1CC(=O)c2c(ccc3c2C(=O)c2cccc(O)c2C3=O)C1O. The minimum absolute atomic E-state index is 0.0351. The number of Topliss-reactive ketones (excluding diaryl/α,β-unsaturated/α-hetero) is 1. The molecule has 2 aliphatic carbocycles. The highest BCUT2D eigenvalue weighted by Crippen LogP contribution is 2.41. The lowest BCUT2D eigenvalue weighted by Gasteiger charge is -2.30. The van der Waals surface area contributed by atoms with Crippen molar-refractivity contribution in [2.45, 2.75) is 19.4 Å². The third-order valence-corrected chi connectivity index (χ3v) is 4.87. The molecule has 0 radical (unpaired) electrons. The lowest BCUT2D eigenvalue weighted by atomic mass is 9.73. The second-order valence-electron chi connectivity index (χ2n) is 6.36. The summed E-state index contributed by atoms with van der Waals surface area (Å²) in [5, 5.41) is 20.3. The highest BCUT2D eigenvalue weighted by molar-refractivity contribution is 6.32. The molecule has 0 amide bonds. The number of rotatable bonds is 0. The molecule has 2 aromatic rings. The van der Waals surface area contributed by atoms with Crippen LogP contribution in [0.2, 0.25) is 0 Å². The highest BCUT2D eigenvalue weighted by Gasteiger charge is 2.39. The second-order valence-corrected chi connectivity index (χ2v) is 6.36. The normalized spacial score (nSPS) is 22.0. The van der Waals surface area contributed by atoms with Gasteiger partial charge in [-0.15, -0.1) is 0 Å². The van der Waals surface area contributed by atoms with Crippen molar-refractivity contribution in [3.05, 3.63) is 63.7 Å². The molecule has 2 aromatic carbocycles. The van der Waals surface area contributed by atoms with Gasteiger partial charge >= 0.3 is 0 Å². The smallest absolute Gasteiger partial charge is 0.198 e. The number of carbonyl (C=O) groups is 3. The van der Waals surface area contributed by atoms with E-state index in [1.165, 1.54) is 30.3 Å². The zero-order valence-corrected chi connectivity index (χ0v) is 12.9. The monoisotopic (exact) mass is 322 g/mol. The summed E-state index contributed by atoms with van der Waals surface area (Å²) in [6, 6.07) is 7.29. The van der Waals surface area contributed by atoms with Gasteiger partial charge in [-0.25, -0.2) is 0 Å². The Labute approximate surface area is 137 Å². The number of aliphatic hydroxyl groups is 1. The Morgan fingerprint density at radius 1 is 0.917 bits per heavy atom. The van der Waals surface area contributed by atoms with E-state index in [4.69, 9.17) is 0 Å². The average Bonchev–Trinajstić information content (AvgIpc) is 2.56. The fourth-order valence-corrected chi connectivity index (χ4v) is 3.64. The minimum atomic E-state index is -0.850. The Kier molecular flexibility index (Phi) is 2.99. The molecule has 2 aliphatic rings. The Morgan fingerprint density at radius 3 is 2.33 bits per heavy atom. The fourth-order valence-electron chi connectivity index (χ4n) is 3.64. The maximum absolute atomic E-state index is 12.9. The van der Waals surface area contributed by atoms with Crippen molar-refractivity contribution in [2.75, 3.05) is 0 Å². The Hall–Kier alpha value is -2.79. The zero-order chi connectivity index (χ0) is 17.2. The van der Waals surface area contributed by atoms with Crippen LogP contribution in [-0.2, 0) is 0 Å². The molecule has 4 rings (SSSR count). The maximum Gasteiger partial charge on any atom is 0.198 e. The molecule has 0 saturated carbocycles. The number of phenols is 1. The number of hydrogen-bond acceptors (Lipinski definition) is 5. The molecule has 5 nitrogen and oxygen atoms in total. The number of fused-ring (bicyclic) bond motifs is 4. The summed E-state index contributed by atoms with van der Waals surface area (Å²) < 4.78 is 0. The van der Waals surface area contributed by atoms with Crippen LogP contribution in [0.1, 0.15) is 67.2 Å². The molecule has 24 heavy (non-hydrogen) atoms. The van der Waals surface area contributed by atoms with Crippen LogP contribution in [-0.4, -0.2) is 27.6 Å². The predicted octanol–water partition coefficient (Wildman–Crippen LogP) is 2.42. The minimum Gasteiger partial charge on any atom is -0.507 e. The lowest BCUT2D eigenvalue weighted by Crippen LogP contribution is -2.30. The summed E-state index contributed by atoms with van der Waals surface area (Å²) in [6.07, 6.45) is -0.726. The predicted molar refractivity (Wildman–Crippen MR) is 84.5 cm³/mol. The van der Waals surface area contributed by atoms with E-state index < -0.39 is 17.7 Å². The molecule has 2 N–H and O–H groups in total. The van der Waals surface area contributed by atoms with Crippen molar-refractivity contribution in [1.82, 2.24) is 0 Å². The summed E-state index contributed by atoms with van der Waals surface area (Å²) in [5.74, 6) is -1.70. The molecule has 0 saturated heterocycles. The van der Waals surface area contributed by atoms with Gasteiger partial charge < -0.3 is 10.2 Å². The molecule has 1 unspecified atom stereocenters. The topological polar surface area (TPSA) is 91.7 Å². The number of ketones is 3. The summed E-state index contributed by atoms with van der Waals surface area (Å²) in [5.41, 5.74) is 0.732. The van der Waals surface area contributed by atoms with Crippen LogP contribution >= 0.6 is 0 Å². The maximum atomic E-state index is 12.9. The van der Waals surface area contributed by atoms with Crippen molar-refractivity contribution in [1.29, 1.82) is 0 Å². The van der Waals surface area contributed by atoms with Gasteiger partial charge in [0.2, 0.25) is 0 Å². The molecule has 120 valence electrons. The molecule has 0 fully saturated rings. The summed E-state index contributed by atoms with van der Waals surface area (Å²) in [4.78, 5) is 38.2. The molecule has 0 spiro atoms. The van der Waals surface area contributed by atoms with Crippen molar-refractivity contribution < 1.29 is 24.6 Å². The Balaban J connectivity index is 2.05. The van der Waals surface area contributed by atoms with Crippen LogP contribution in [0.25, 0.3) is 0 Å². The van der Waals surface area contributed by atoms with Gasteiger partial charge in [0.15, 0.2) is 17.3 Å². The quantitative estimate of drug-likeness (QED) is 0.663. The molecule has 0 aliphatic heterocycles. The Morgan fingerprint density at radius 2 is 1.58 bits per heavy atom.